The van der Waals surface area contributed by atoms with Gasteiger partial charge in [0.2, 0.25) is 0 Å². The Bertz CT molecular complexity index is 611. The summed E-state index contributed by atoms with van der Waals surface area (Å²) in [4.78, 5) is 15.7. The Morgan fingerprint density at radius 3 is 2.76 bits per heavy atom. The molecule has 1 heterocycles. The average molecular weight is 304 g/mol. The number of nitrogens with two attached hydrogens (primary N) is 1. The second kappa shape index (κ2) is 6.63. The quantitative estimate of drug-likeness (QED) is 0.864. The second-order valence-electron chi connectivity index (χ2n) is 4.97. The molecule has 0 aliphatic heterocycles. The number of methoxy groups -OCH3 is 1. The maximum absolute atomic E-state index is 12.7. The molecule has 112 valence electrons. The maximum atomic E-state index is 12.7. The lowest BCUT2D eigenvalue weighted by Gasteiger charge is -2.26. The molecular weight excluding hydrogens is 284 g/mol. The second-order valence-corrected chi connectivity index (χ2v) is 6.01. The van der Waals surface area contributed by atoms with Crippen molar-refractivity contribution in [2.45, 2.75) is 19.4 Å². The van der Waals surface area contributed by atoms with Crippen LogP contribution in [0.2, 0.25) is 0 Å². The lowest BCUT2D eigenvalue weighted by atomic mass is 10.1. The monoisotopic (exact) mass is 304 g/mol. The third-order valence-corrected chi connectivity index (χ3v) is 4.45. The van der Waals surface area contributed by atoms with Gasteiger partial charge in [-0.3, -0.25) is 4.79 Å². The zero-order valence-electron chi connectivity index (χ0n) is 12.5. The van der Waals surface area contributed by atoms with Gasteiger partial charge in [-0.1, -0.05) is 12.1 Å². The standard InChI is InChI=1S/C16H20N2O2S/c1-11(10-12-6-5-9-21-12)18(2)16(19)15-13(17)7-4-8-14(15)20-3/h4-9,11H,10,17H2,1-3H3. The van der Waals surface area contributed by atoms with Crippen molar-refractivity contribution >= 4 is 22.9 Å². The molecule has 0 saturated carbocycles. The molecule has 0 spiro atoms. The van der Waals surface area contributed by atoms with Crippen molar-refractivity contribution < 1.29 is 9.53 Å². The number of thiophene rings is 1. The van der Waals surface area contributed by atoms with E-state index < -0.39 is 0 Å². The van der Waals surface area contributed by atoms with E-state index in [1.165, 1.54) is 4.88 Å². The van der Waals surface area contributed by atoms with Crippen molar-refractivity contribution in [3.63, 3.8) is 0 Å². The molecule has 0 aliphatic carbocycles. The summed E-state index contributed by atoms with van der Waals surface area (Å²) in [6.07, 6.45) is 0.828. The first-order valence-electron chi connectivity index (χ1n) is 6.76. The molecule has 0 aliphatic rings. The van der Waals surface area contributed by atoms with E-state index in [4.69, 9.17) is 10.5 Å². The Hall–Kier alpha value is -2.01. The molecule has 1 atom stereocenters. The summed E-state index contributed by atoms with van der Waals surface area (Å²) in [5.41, 5.74) is 6.82. The lowest BCUT2D eigenvalue weighted by Crippen LogP contribution is -2.36. The smallest absolute Gasteiger partial charge is 0.259 e. The first-order chi connectivity index (χ1) is 10.0. The van der Waals surface area contributed by atoms with E-state index in [1.807, 2.05) is 18.4 Å². The van der Waals surface area contributed by atoms with Crippen LogP contribution in [-0.4, -0.2) is 31.0 Å². The largest absolute Gasteiger partial charge is 0.496 e. The number of nitrogen functional groups attached to an aromatic ring is 1. The minimum atomic E-state index is -0.117. The van der Waals surface area contributed by atoms with Crippen molar-refractivity contribution in [3.8, 4) is 5.75 Å². The number of hydrogen-bond donors (Lipinski definition) is 1. The molecule has 4 nitrogen and oxygen atoms in total. The highest BCUT2D eigenvalue weighted by Gasteiger charge is 2.23. The average Bonchev–Trinajstić information content (AvgIpc) is 2.98. The van der Waals surface area contributed by atoms with E-state index in [0.29, 0.717) is 17.0 Å². The van der Waals surface area contributed by atoms with Gasteiger partial charge in [-0.05, 0) is 30.5 Å². The van der Waals surface area contributed by atoms with Crippen LogP contribution >= 0.6 is 11.3 Å². The Kier molecular flexibility index (Phi) is 4.85. The van der Waals surface area contributed by atoms with Gasteiger partial charge in [-0.15, -0.1) is 11.3 Å². The lowest BCUT2D eigenvalue weighted by molar-refractivity contribution is 0.0741. The predicted octanol–water partition coefficient (Wildman–Crippen LogP) is 3.04. The van der Waals surface area contributed by atoms with Gasteiger partial charge in [0.05, 0.1) is 7.11 Å². The SMILES string of the molecule is COc1cccc(N)c1C(=O)N(C)C(C)Cc1cccs1. The van der Waals surface area contributed by atoms with Crippen LogP contribution in [0, 0.1) is 0 Å². The summed E-state index contributed by atoms with van der Waals surface area (Å²) in [6.45, 7) is 2.03. The van der Waals surface area contributed by atoms with E-state index in [0.717, 1.165) is 6.42 Å². The summed E-state index contributed by atoms with van der Waals surface area (Å²) in [6, 6.07) is 9.43. The Morgan fingerprint density at radius 1 is 1.38 bits per heavy atom. The van der Waals surface area contributed by atoms with E-state index in [1.54, 1.807) is 48.6 Å². The highest BCUT2D eigenvalue weighted by molar-refractivity contribution is 7.09. The molecule has 0 saturated heterocycles. The number of carbonyl (C=O) groups is 1. The van der Waals surface area contributed by atoms with Crippen LogP contribution in [-0.2, 0) is 6.42 Å². The first-order valence-corrected chi connectivity index (χ1v) is 7.64. The Labute approximate surface area is 129 Å². The topological polar surface area (TPSA) is 55.6 Å². The van der Waals surface area contributed by atoms with Crippen LogP contribution in [0.1, 0.15) is 22.2 Å². The molecule has 1 unspecified atom stereocenters. The van der Waals surface area contributed by atoms with Crippen LogP contribution in [0.3, 0.4) is 0 Å². The molecule has 2 N–H and O–H groups in total. The molecule has 0 fully saturated rings. The fourth-order valence-electron chi connectivity index (χ4n) is 2.18. The fourth-order valence-corrected chi connectivity index (χ4v) is 3.01. The van der Waals surface area contributed by atoms with Gasteiger partial charge < -0.3 is 15.4 Å². The van der Waals surface area contributed by atoms with Crippen molar-refractivity contribution in [1.29, 1.82) is 0 Å². The normalized spacial score (nSPS) is 12.0. The van der Waals surface area contributed by atoms with E-state index in [2.05, 4.69) is 6.07 Å². The Morgan fingerprint density at radius 2 is 2.14 bits per heavy atom. The van der Waals surface area contributed by atoms with Gasteiger partial charge in [0, 0.05) is 30.1 Å². The van der Waals surface area contributed by atoms with Gasteiger partial charge in [0.1, 0.15) is 11.3 Å². The van der Waals surface area contributed by atoms with Gasteiger partial charge in [-0.25, -0.2) is 0 Å². The molecule has 5 heteroatoms. The molecule has 2 aromatic rings. The maximum Gasteiger partial charge on any atom is 0.259 e. The third-order valence-electron chi connectivity index (χ3n) is 3.55. The molecular formula is C16H20N2O2S. The molecule has 2 rings (SSSR count). The number of anilines is 1. The van der Waals surface area contributed by atoms with Crippen molar-refractivity contribution in [2.75, 3.05) is 19.9 Å². The van der Waals surface area contributed by atoms with Crippen LogP contribution < -0.4 is 10.5 Å². The molecule has 0 radical (unpaired) electrons. The van der Waals surface area contributed by atoms with Gasteiger partial charge in [0.15, 0.2) is 0 Å². The van der Waals surface area contributed by atoms with E-state index in [9.17, 15) is 4.79 Å². The molecule has 1 amide bonds. The number of ether oxygens (including phenoxy) is 1. The van der Waals surface area contributed by atoms with Crippen LogP contribution in [0.4, 0.5) is 5.69 Å². The van der Waals surface area contributed by atoms with Crippen molar-refractivity contribution in [1.82, 2.24) is 4.90 Å². The Balaban J connectivity index is 2.19. The van der Waals surface area contributed by atoms with Gasteiger partial charge >= 0.3 is 0 Å². The molecule has 1 aromatic carbocycles. The number of hydrogen-bond acceptors (Lipinski definition) is 4. The number of likely N-dealkylation sites (N-methyl/N-ethyl adjacent to an activating group) is 1. The summed E-state index contributed by atoms with van der Waals surface area (Å²) < 4.78 is 5.26. The van der Waals surface area contributed by atoms with Crippen molar-refractivity contribution in [2.24, 2.45) is 0 Å². The summed E-state index contributed by atoms with van der Waals surface area (Å²) in [5.74, 6) is 0.393. The van der Waals surface area contributed by atoms with Crippen LogP contribution in [0.25, 0.3) is 0 Å². The molecule has 1 aromatic heterocycles. The zero-order valence-corrected chi connectivity index (χ0v) is 13.3. The van der Waals surface area contributed by atoms with E-state index in [-0.39, 0.29) is 11.9 Å². The van der Waals surface area contributed by atoms with Crippen LogP contribution in [0.15, 0.2) is 35.7 Å². The zero-order chi connectivity index (χ0) is 15.4. The minimum Gasteiger partial charge on any atom is -0.496 e. The summed E-state index contributed by atoms with van der Waals surface area (Å²) >= 11 is 1.70. The molecule has 21 heavy (non-hydrogen) atoms. The van der Waals surface area contributed by atoms with E-state index >= 15 is 0 Å². The number of carbonyl (C=O) groups excluding carboxylic acids is 1. The fraction of sp³-hybridized carbons (Fsp3) is 0.312. The third kappa shape index (κ3) is 3.36. The number of benzene rings is 1. The first kappa shape index (κ1) is 15.4. The van der Waals surface area contributed by atoms with Gasteiger partial charge in [-0.2, -0.15) is 0 Å². The number of amides is 1. The van der Waals surface area contributed by atoms with Crippen LogP contribution in [0.5, 0.6) is 5.75 Å². The number of nitrogens with zero attached hydrogens (tertiary/aromatic N) is 1. The predicted molar refractivity (Wildman–Crippen MR) is 87.0 cm³/mol. The van der Waals surface area contributed by atoms with Gasteiger partial charge in [0.25, 0.3) is 5.91 Å². The number of rotatable bonds is 5. The highest BCUT2D eigenvalue weighted by Crippen LogP contribution is 2.26. The molecule has 0 bridgehead atoms. The summed E-state index contributed by atoms with van der Waals surface area (Å²) in [5, 5.41) is 2.04. The van der Waals surface area contributed by atoms with Crippen molar-refractivity contribution in [3.05, 3.63) is 46.2 Å². The minimum absolute atomic E-state index is 0.0838. The summed E-state index contributed by atoms with van der Waals surface area (Å²) in [7, 11) is 3.34. The highest BCUT2D eigenvalue weighted by atomic mass is 32.1.